The first-order valence-electron chi connectivity index (χ1n) is 8.11. The monoisotopic (exact) mass is 343 g/mol. The molecule has 2 aromatic carbocycles. The molecule has 0 fully saturated rings. The maximum atomic E-state index is 12.8. The summed E-state index contributed by atoms with van der Waals surface area (Å²) in [5.41, 5.74) is 1.99. The lowest BCUT2D eigenvalue weighted by molar-refractivity contribution is -0.117. The van der Waals surface area contributed by atoms with Crippen LogP contribution in [0.15, 0.2) is 48.5 Å². The van der Waals surface area contributed by atoms with Crippen LogP contribution in [-0.4, -0.2) is 18.4 Å². The summed E-state index contributed by atoms with van der Waals surface area (Å²) < 4.78 is 12.8. The third-order valence-corrected chi connectivity index (χ3v) is 3.34. The van der Waals surface area contributed by atoms with E-state index in [9.17, 15) is 14.0 Å². The molecule has 2 aromatic rings. The second-order valence-electron chi connectivity index (χ2n) is 6.13. The molecule has 0 aliphatic heterocycles. The van der Waals surface area contributed by atoms with E-state index in [2.05, 4.69) is 16.0 Å². The van der Waals surface area contributed by atoms with E-state index in [0.29, 0.717) is 29.4 Å². The maximum absolute atomic E-state index is 12.8. The molecule has 0 saturated carbocycles. The molecule has 0 aliphatic carbocycles. The van der Waals surface area contributed by atoms with Crippen LogP contribution in [0.25, 0.3) is 0 Å². The van der Waals surface area contributed by atoms with Crippen LogP contribution in [0.5, 0.6) is 0 Å². The molecule has 2 amide bonds. The molecule has 0 radical (unpaired) electrons. The summed E-state index contributed by atoms with van der Waals surface area (Å²) >= 11 is 0. The van der Waals surface area contributed by atoms with Crippen LogP contribution in [0.1, 0.15) is 20.3 Å². The van der Waals surface area contributed by atoms with Crippen molar-refractivity contribution >= 4 is 28.9 Å². The zero-order valence-corrected chi connectivity index (χ0v) is 14.3. The minimum absolute atomic E-state index is 0.0321. The minimum atomic E-state index is -0.324. The molecule has 0 spiro atoms. The van der Waals surface area contributed by atoms with Crippen molar-refractivity contribution in [1.82, 2.24) is 0 Å². The zero-order chi connectivity index (χ0) is 18.2. The Morgan fingerprint density at radius 1 is 0.840 bits per heavy atom. The smallest absolute Gasteiger partial charge is 0.243 e. The minimum Gasteiger partial charge on any atom is -0.376 e. The summed E-state index contributed by atoms with van der Waals surface area (Å²) in [4.78, 5) is 23.6. The van der Waals surface area contributed by atoms with Gasteiger partial charge >= 0.3 is 0 Å². The van der Waals surface area contributed by atoms with Gasteiger partial charge in [0.2, 0.25) is 11.8 Å². The second kappa shape index (κ2) is 8.82. The molecule has 0 aromatic heterocycles. The van der Waals surface area contributed by atoms with E-state index in [0.717, 1.165) is 0 Å². The standard InChI is InChI=1S/C19H22FN3O2/c1-13(2)11-18(24)22-16-7-9-17(10-8-16)23-19(25)12-21-15-5-3-14(20)4-6-15/h3-10,13,21H,11-12H2,1-2H3,(H,22,24)(H,23,25). The Labute approximate surface area is 146 Å². The molecule has 0 unspecified atom stereocenters. The van der Waals surface area contributed by atoms with Crippen LogP contribution in [0.4, 0.5) is 21.5 Å². The van der Waals surface area contributed by atoms with Crippen molar-refractivity contribution in [3.8, 4) is 0 Å². The van der Waals surface area contributed by atoms with Crippen molar-refractivity contribution in [2.45, 2.75) is 20.3 Å². The fourth-order valence-corrected chi connectivity index (χ4v) is 2.17. The van der Waals surface area contributed by atoms with Gasteiger partial charge in [-0.25, -0.2) is 4.39 Å². The molecule has 0 saturated heterocycles. The van der Waals surface area contributed by atoms with Gasteiger partial charge in [-0.1, -0.05) is 13.8 Å². The third kappa shape index (κ3) is 6.63. The van der Waals surface area contributed by atoms with Crippen molar-refractivity contribution in [2.75, 3.05) is 22.5 Å². The Balaban J connectivity index is 1.80. The first-order chi connectivity index (χ1) is 11.9. The van der Waals surface area contributed by atoms with Gasteiger partial charge in [-0.3, -0.25) is 9.59 Å². The van der Waals surface area contributed by atoms with Gasteiger partial charge in [-0.15, -0.1) is 0 Å². The van der Waals surface area contributed by atoms with E-state index >= 15 is 0 Å². The molecular formula is C19H22FN3O2. The number of anilines is 3. The maximum Gasteiger partial charge on any atom is 0.243 e. The Morgan fingerprint density at radius 2 is 1.32 bits per heavy atom. The second-order valence-corrected chi connectivity index (χ2v) is 6.13. The molecule has 5 nitrogen and oxygen atoms in total. The highest BCUT2D eigenvalue weighted by atomic mass is 19.1. The van der Waals surface area contributed by atoms with Gasteiger partial charge in [0.25, 0.3) is 0 Å². The lowest BCUT2D eigenvalue weighted by atomic mass is 10.1. The summed E-state index contributed by atoms with van der Waals surface area (Å²) in [6.45, 7) is 4.04. The third-order valence-electron chi connectivity index (χ3n) is 3.34. The van der Waals surface area contributed by atoms with E-state index in [4.69, 9.17) is 0 Å². The number of carbonyl (C=O) groups is 2. The molecule has 0 bridgehead atoms. The summed E-state index contributed by atoms with van der Waals surface area (Å²) in [5.74, 6) is -0.279. The lowest BCUT2D eigenvalue weighted by Gasteiger charge is -2.10. The van der Waals surface area contributed by atoms with E-state index in [1.807, 2.05) is 13.8 Å². The Hall–Kier alpha value is -2.89. The van der Waals surface area contributed by atoms with E-state index in [1.54, 1.807) is 36.4 Å². The van der Waals surface area contributed by atoms with Gasteiger partial charge in [0.15, 0.2) is 0 Å². The predicted molar refractivity (Wildman–Crippen MR) is 98.0 cm³/mol. The molecule has 0 heterocycles. The van der Waals surface area contributed by atoms with E-state index in [-0.39, 0.29) is 24.2 Å². The molecule has 0 atom stereocenters. The van der Waals surface area contributed by atoms with Crippen molar-refractivity contribution in [3.63, 3.8) is 0 Å². The molecule has 3 N–H and O–H groups in total. The van der Waals surface area contributed by atoms with Crippen molar-refractivity contribution in [1.29, 1.82) is 0 Å². The van der Waals surface area contributed by atoms with Crippen LogP contribution < -0.4 is 16.0 Å². The largest absolute Gasteiger partial charge is 0.376 e. The van der Waals surface area contributed by atoms with Gasteiger partial charge in [0.05, 0.1) is 6.54 Å². The Bertz CT molecular complexity index is 712. The van der Waals surface area contributed by atoms with Gasteiger partial charge < -0.3 is 16.0 Å². The number of halogens is 1. The van der Waals surface area contributed by atoms with Crippen LogP contribution in [0.2, 0.25) is 0 Å². The van der Waals surface area contributed by atoms with Gasteiger partial charge in [0.1, 0.15) is 5.82 Å². The molecule has 0 aliphatic rings. The van der Waals surface area contributed by atoms with Crippen LogP contribution in [-0.2, 0) is 9.59 Å². The van der Waals surface area contributed by atoms with E-state index < -0.39 is 0 Å². The summed E-state index contributed by atoms with van der Waals surface area (Å²) in [6.07, 6.45) is 0.466. The fraction of sp³-hybridized carbons (Fsp3) is 0.263. The van der Waals surface area contributed by atoms with E-state index in [1.165, 1.54) is 12.1 Å². The molecule has 6 heteroatoms. The van der Waals surface area contributed by atoms with Gasteiger partial charge in [-0.2, -0.15) is 0 Å². The average Bonchev–Trinajstić information content (AvgIpc) is 2.55. The van der Waals surface area contributed by atoms with Crippen molar-refractivity contribution in [3.05, 3.63) is 54.3 Å². The number of hydrogen-bond donors (Lipinski definition) is 3. The molecular weight excluding hydrogens is 321 g/mol. The molecule has 132 valence electrons. The summed E-state index contributed by atoms with van der Waals surface area (Å²) in [5, 5.41) is 8.47. The van der Waals surface area contributed by atoms with Crippen LogP contribution in [0.3, 0.4) is 0 Å². The Morgan fingerprint density at radius 3 is 1.84 bits per heavy atom. The van der Waals surface area contributed by atoms with Crippen LogP contribution in [0, 0.1) is 11.7 Å². The lowest BCUT2D eigenvalue weighted by Crippen LogP contribution is -2.21. The zero-order valence-electron chi connectivity index (χ0n) is 14.3. The highest BCUT2D eigenvalue weighted by Crippen LogP contribution is 2.15. The SMILES string of the molecule is CC(C)CC(=O)Nc1ccc(NC(=O)CNc2ccc(F)cc2)cc1. The quantitative estimate of drug-likeness (QED) is 0.715. The molecule has 25 heavy (non-hydrogen) atoms. The number of rotatable bonds is 7. The highest BCUT2D eigenvalue weighted by molar-refractivity contribution is 5.94. The number of carbonyl (C=O) groups excluding carboxylic acids is 2. The normalized spacial score (nSPS) is 10.4. The summed E-state index contributed by atoms with van der Waals surface area (Å²) in [6, 6.07) is 12.7. The number of benzene rings is 2. The predicted octanol–water partition coefficient (Wildman–Crippen LogP) is 3.86. The number of amides is 2. The van der Waals surface area contributed by atoms with Gasteiger partial charge in [-0.05, 0) is 54.4 Å². The Kier molecular flexibility index (Phi) is 6.51. The van der Waals surface area contributed by atoms with Crippen molar-refractivity contribution < 1.29 is 14.0 Å². The number of nitrogens with one attached hydrogen (secondary N) is 3. The van der Waals surface area contributed by atoms with Gasteiger partial charge in [0, 0.05) is 23.5 Å². The highest BCUT2D eigenvalue weighted by Gasteiger charge is 2.06. The average molecular weight is 343 g/mol. The number of hydrogen-bond acceptors (Lipinski definition) is 3. The van der Waals surface area contributed by atoms with Crippen molar-refractivity contribution in [2.24, 2.45) is 5.92 Å². The first kappa shape index (κ1) is 18.4. The topological polar surface area (TPSA) is 70.2 Å². The fourth-order valence-electron chi connectivity index (χ4n) is 2.17. The first-order valence-corrected chi connectivity index (χ1v) is 8.11. The molecule has 2 rings (SSSR count). The summed E-state index contributed by atoms with van der Waals surface area (Å²) in [7, 11) is 0. The van der Waals surface area contributed by atoms with Crippen LogP contribution >= 0.6 is 0 Å².